The van der Waals surface area contributed by atoms with Gasteiger partial charge in [0.1, 0.15) is 0 Å². The van der Waals surface area contributed by atoms with Crippen LogP contribution in [0.25, 0.3) is 5.69 Å². The maximum absolute atomic E-state index is 13.3. The summed E-state index contributed by atoms with van der Waals surface area (Å²) in [6.07, 6.45) is 2.36. The average molecular weight is 307 g/mol. The SMILES string of the molecule is Fc1c(F)c(F)c(-[n+]2ccccc2)c(F)c1F.[O-]B(O)O. The molecule has 2 rings (SSSR count). The van der Waals surface area contributed by atoms with E-state index in [0.29, 0.717) is 0 Å². The van der Waals surface area contributed by atoms with Crippen molar-refractivity contribution in [3.05, 3.63) is 59.7 Å². The molecule has 4 nitrogen and oxygen atoms in total. The Morgan fingerprint density at radius 1 is 0.762 bits per heavy atom. The Morgan fingerprint density at radius 2 is 1.10 bits per heavy atom. The smallest absolute Gasteiger partial charge is 0.339 e. The van der Waals surface area contributed by atoms with E-state index in [1.807, 2.05) is 0 Å². The molecule has 0 bridgehead atoms. The van der Waals surface area contributed by atoms with Crippen molar-refractivity contribution in [2.75, 3.05) is 0 Å². The minimum atomic E-state index is -2.42. The topological polar surface area (TPSA) is 67.4 Å². The van der Waals surface area contributed by atoms with E-state index >= 15 is 0 Å². The Bertz CT molecular complexity index is 595. The summed E-state index contributed by atoms with van der Waals surface area (Å²) >= 11 is 0. The second kappa shape index (κ2) is 7.11. The third-order valence-electron chi connectivity index (χ3n) is 2.16. The molecular formula is C11H7BF5NO3. The van der Waals surface area contributed by atoms with E-state index in [-0.39, 0.29) is 0 Å². The summed E-state index contributed by atoms with van der Waals surface area (Å²) < 4.78 is 66.1. The van der Waals surface area contributed by atoms with Crippen LogP contribution in [0.2, 0.25) is 0 Å². The van der Waals surface area contributed by atoms with Gasteiger partial charge in [-0.15, -0.1) is 0 Å². The fourth-order valence-corrected chi connectivity index (χ4v) is 1.37. The third-order valence-corrected chi connectivity index (χ3v) is 2.16. The molecule has 0 saturated carbocycles. The minimum absolute atomic E-state index is 0.816. The van der Waals surface area contributed by atoms with Crippen LogP contribution in [0.4, 0.5) is 22.0 Å². The highest BCUT2D eigenvalue weighted by Gasteiger charge is 2.31. The Balaban J connectivity index is 0.000000491. The second-order valence-electron chi connectivity index (χ2n) is 3.53. The molecule has 10 heteroatoms. The second-order valence-corrected chi connectivity index (χ2v) is 3.53. The van der Waals surface area contributed by atoms with E-state index in [4.69, 9.17) is 15.1 Å². The van der Waals surface area contributed by atoms with Crippen molar-refractivity contribution in [3.63, 3.8) is 0 Å². The number of aromatic nitrogens is 1. The van der Waals surface area contributed by atoms with Crippen molar-refractivity contribution in [1.82, 2.24) is 0 Å². The molecule has 2 N–H and O–H groups in total. The molecule has 1 aromatic heterocycles. The van der Waals surface area contributed by atoms with E-state index in [2.05, 4.69) is 0 Å². The van der Waals surface area contributed by atoms with Crippen molar-refractivity contribution < 1.29 is 41.6 Å². The Labute approximate surface area is 115 Å². The van der Waals surface area contributed by atoms with E-state index in [1.54, 1.807) is 6.07 Å². The van der Waals surface area contributed by atoms with Gasteiger partial charge < -0.3 is 15.1 Å². The molecule has 0 unspecified atom stereocenters. The molecule has 0 saturated heterocycles. The number of hydrogen-bond acceptors (Lipinski definition) is 3. The highest BCUT2D eigenvalue weighted by atomic mass is 19.2. The molecule has 0 spiro atoms. The summed E-state index contributed by atoms with van der Waals surface area (Å²) in [4.78, 5) is 0. The van der Waals surface area contributed by atoms with Gasteiger partial charge in [0.2, 0.25) is 29.1 Å². The summed E-state index contributed by atoms with van der Waals surface area (Å²) in [5.74, 6) is -9.82. The standard InChI is InChI=1S/C11H5F5N.BH2O3/c12-6-7(13)9(15)11(10(16)8(6)14)17-4-2-1-3-5-17;2-1(3)4/h1-5H;2-3H/q+1;-1. The van der Waals surface area contributed by atoms with Crippen LogP contribution in [0.3, 0.4) is 0 Å². The zero-order valence-electron chi connectivity index (χ0n) is 10.1. The van der Waals surface area contributed by atoms with Gasteiger partial charge in [-0.05, 0) is 0 Å². The molecule has 112 valence electrons. The Kier molecular flexibility index (Phi) is 5.76. The summed E-state index contributed by atoms with van der Waals surface area (Å²) in [6.45, 7) is 0. The fourth-order valence-electron chi connectivity index (χ4n) is 1.37. The van der Waals surface area contributed by atoms with E-state index in [9.17, 15) is 22.0 Å². The first-order valence-electron chi connectivity index (χ1n) is 5.27. The largest absolute Gasteiger partial charge is 0.832 e. The van der Waals surface area contributed by atoms with Gasteiger partial charge in [0.05, 0.1) is 0 Å². The van der Waals surface area contributed by atoms with Crippen LogP contribution in [0.5, 0.6) is 0 Å². The highest BCUT2D eigenvalue weighted by Crippen LogP contribution is 2.22. The molecule has 0 fully saturated rings. The third kappa shape index (κ3) is 3.97. The molecule has 2 aromatic rings. The predicted octanol–water partition coefficient (Wildman–Crippen LogP) is -0.0250. The number of pyridine rings is 1. The number of rotatable bonds is 1. The van der Waals surface area contributed by atoms with E-state index in [0.717, 1.165) is 4.57 Å². The van der Waals surface area contributed by atoms with E-state index < -0.39 is 42.1 Å². The normalized spacial score (nSPS) is 9.90. The van der Waals surface area contributed by atoms with Crippen molar-refractivity contribution in [2.45, 2.75) is 0 Å². The lowest BCUT2D eigenvalue weighted by Gasteiger charge is -2.02. The Morgan fingerprint density at radius 3 is 1.48 bits per heavy atom. The summed E-state index contributed by atoms with van der Waals surface area (Å²) in [5.41, 5.74) is -0.998. The lowest BCUT2D eigenvalue weighted by atomic mass is 10.2. The van der Waals surface area contributed by atoms with Crippen molar-refractivity contribution >= 4 is 7.32 Å². The van der Waals surface area contributed by atoms with Gasteiger partial charge in [0, 0.05) is 12.1 Å². The van der Waals surface area contributed by atoms with Crippen LogP contribution in [0.1, 0.15) is 0 Å². The van der Waals surface area contributed by atoms with E-state index in [1.165, 1.54) is 24.5 Å². The van der Waals surface area contributed by atoms with Crippen LogP contribution in [0.15, 0.2) is 30.6 Å². The zero-order chi connectivity index (χ0) is 16.2. The fraction of sp³-hybridized carbons (Fsp3) is 0. The van der Waals surface area contributed by atoms with Crippen LogP contribution in [-0.2, 0) is 0 Å². The van der Waals surface area contributed by atoms with Gasteiger partial charge in [-0.25, -0.2) is 13.2 Å². The molecule has 0 radical (unpaired) electrons. The molecular weight excluding hydrogens is 300 g/mol. The van der Waals surface area contributed by atoms with Gasteiger partial charge >= 0.3 is 7.32 Å². The van der Waals surface area contributed by atoms with Gasteiger partial charge in [-0.1, -0.05) is 6.07 Å². The van der Waals surface area contributed by atoms with Crippen LogP contribution in [-0.4, -0.2) is 17.4 Å². The number of nitrogens with zero attached hydrogens (tertiary/aromatic N) is 1. The van der Waals surface area contributed by atoms with Crippen molar-refractivity contribution in [2.24, 2.45) is 0 Å². The molecule has 0 atom stereocenters. The van der Waals surface area contributed by atoms with Crippen LogP contribution < -0.4 is 9.59 Å². The van der Waals surface area contributed by atoms with Gasteiger partial charge in [0.25, 0.3) is 5.69 Å². The highest BCUT2D eigenvalue weighted by molar-refractivity contribution is 6.28. The predicted molar refractivity (Wildman–Crippen MR) is 58.0 cm³/mol. The maximum atomic E-state index is 13.3. The first kappa shape index (κ1) is 17.0. The molecule has 21 heavy (non-hydrogen) atoms. The monoisotopic (exact) mass is 307 g/mol. The van der Waals surface area contributed by atoms with Crippen molar-refractivity contribution in [3.8, 4) is 5.69 Å². The molecule has 0 aliphatic rings. The maximum Gasteiger partial charge on any atom is 0.339 e. The van der Waals surface area contributed by atoms with Gasteiger partial charge in [-0.2, -0.15) is 13.3 Å². The molecule has 0 aliphatic heterocycles. The lowest BCUT2D eigenvalue weighted by molar-refractivity contribution is -0.600. The van der Waals surface area contributed by atoms with Crippen LogP contribution in [0, 0.1) is 29.1 Å². The number of benzene rings is 1. The minimum Gasteiger partial charge on any atom is -0.832 e. The molecule has 1 heterocycles. The average Bonchev–Trinajstić information content (AvgIpc) is 2.44. The zero-order valence-corrected chi connectivity index (χ0v) is 10.1. The Hall–Kier alpha value is -2.04. The summed E-state index contributed by atoms with van der Waals surface area (Å²) in [6, 6.07) is 4.35. The van der Waals surface area contributed by atoms with Crippen molar-refractivity contribution in [1.29, 1.82) is 0 Å². The molecule has 0 aliphatic carbocycles. The summed E-state index contributed by atoms with van der Waals surface area (Å²) in [7, 11) is -2.42. The van der Waals surface area contributed by atoms with Gasteiger partial charge in [0.15, 0.2) is 12.4 Å². The lowest BCUT2D eigenvalue weighted by Crippen LogP contribution is -2.33. The summed E-state index contributed by atoms with van der Waals surface area (Å²) in [5, 5.41) is 22.8. The quantitative estimate of drug-likeness (QED) is 0.256. The first-order chi connectivity index (χ1) is 9.77. The number of hydrogen-bond donors (Lipinski definition) is 2. The molecule has 1 aromatic carbocycles. The molecule has 0 amide bonds. The first-order valence-corrected chi connectivity index (χ1v) is 5.27. The van der Waals surface area contributed by atoms with Crippen LogP contribution >= 0.6 is 0 Å². The van der Waals surface area contributed by atoms with Gasteiger partial charge in [-0.3, -0.25) is 0 Å². The number of halogens is 5.